The lowest BCUT2D eigenvalue weighted by molar-refractivity contribution is -0.385. The topological polar surface area (TPSA) is 69.4 Å². The Balaban J connectivity index is 3.12. The van der Waals surface area contributed by atoms with Crippen molar-refractivity contribution in [1.82, 2.24) is 0 Å². The van der Waals surface area contributed by atoms with Crippen LogP contribution in [0.15, 0.2) is 16.6 Å². The second kappa shape index (κ2) is 6.84. The third-order valence-electron chi connectivity index (χ3n) is 2.20. The Hall–Kier alpha value is -0.950. The van der Waals surface area contributed by atoms with Crippen LogP contribution in [0.2, 0.25) is 0 Å². The second-order valence-corrected chi connectivity index (χ2v) is 4.80. The molecule has 0 heterocycles. The summed E-state index contributed by atoms with van der Waals surface area (Å²) in [6.07, 6.45) is 0.0100. The van der Waals surface area contributed by atoms with Crippen LogP contribution in [0.1, 0.15) is 18.1 Å². The number of esters is 1. The average Bonchev–Trinajstić information content (AvgIpc) is 2.31. The number of benzene rings is 1. The minimum Gasteiger partial charge on any atom is -0.466 e. The molecule has 0 saturated heterocycles. The Kier molecular flexibility index (Phi) is 5.74. The monoisotopic (exact) mass is 379 g/mol. The fraction of sp³-hybridized carbons (Fsp3) is 0.364. The quantitative estimate of drug-likeness (QED) is 0.340. The van der Waals surface area contributed by atoms with Gasteiger partial charge in [0, 0.05) is 21.9 Å². The van der Waals surface area contributed by atoms with Crippen LogP contribution in [0, 0.1) is 10.1 Å². The number of nitro benzene ring substituents is 1. The molecule has 5 nitrogen and oxygen atoms in total. The highest BCUT2D eigenvalue weighted by molar-refractivity contribution is 9.10. The molecule has 0 aromatic heterocycles. The molecule has 1 rings (SSSR count). The summed E-state index contributed by atoms with van der Waals surface area (Å²) in [6, 6.07) is 2.85. The summed E-state index contributed by atoms with van der Waals surface area (Å²) in [5.74, 6) is -0.403. The molecule has 0 saturated carbocycles. The van der Waals surface area contributed by atoms with Crippen molar-refractivity contribution in [2.24, 2.45) is 0 Å². The molecule has 98 valence electrons. The number of ether oxygens (including phenoxy) is 1. The molecule has 1 aromatic rings. The number of carbonyl (C=O) groups excluding carboxylic acids is 1. The summed E-state index contributed by atoms with van der Waals surface area (Å²) < 4.78 is 5.53. The van der Waals surface area contributed by atoms with E-state index < -0.39 is 10.9 Å². The molecule has 0 fully saturated rings. The summed E-state index contributed by atoms with van der Waals surface area (Å²) in [6.45, 7) is 2.00. The zero-order chi connectivity index (χ0) is 13.7. The molecular weight excluding hydrogens is 370 g/mol. The van der Waals surface area contributed by atoms with E-state index in [1.54, 1.807) is 6.92 Å². The van der Waals surface area contributed by atoms with Gasteiger partial charge in [0.25, 0.3) is 5.69 Å². The zero-order valence-corrected chi connectivity index (χ0v) is 12.8. The van der Waals surface area contributed by atoms with E-state index in [1.807, 2.05) is 0 Å². The molecule has 1 aromatic carbocycles. The number of halogens is 2. The fourth-order valence-corrected chi connectivity index (χ4v) is 2.76. The number of non-ortho nitro benzene ring substituents is 1. The van der Waals surface area contributed by atoms with Gasteiger partial charge in [0.1, 0.15) is 0 Å². The molecule has 0 unspecified atom stereocenters. The lowest BCUT2D eigenvalue weighted by Gasteiger charge is -2.08. The van der Waals surface area contributed by atoms with Gasteiger partial charge in [-0.25, -0.2) is 0 Å². The lowest BCUT2D eigenvalue weighted by atomic mass is 10.1. The van der Waals surface area contributed by atoms with Crippen LogP contribution in [0.5, 0.6) is 0 Å². The van der Waals surface area contributed by atoms with Crippen molar-refractivity contribution in [2.45, 2.75) is 18.7 Å². The van der Waals surface area contributed by atoms with Gasteiger partial charge in [-0.05, 0) is 18.1 Å². The molecule has 0 bridgehead atoms. The van der Waals surface area contributed by atoms with Gasteiger partial charge in [-0.2, -0.15) is 0 Å². The van der Waals surface area contributed by atoms with E-state index in [1.165, 1.54) is 12.1 Å². The van der Waals surface area contributed by atoms with Crippen molar-refractivity contribution in [3.8, 4) is 0 Å². The number of carbonyl (C=O) groups is 1. The third-order valence-corrected chi connectivity index (χ3v) is 3.83. The molecule has 0 aliphatic rings. The van der Waals surface area contributed by atoms with E-state index in [4.69, 9.17) is 4.74 Å². The highest BCUT2D eigenvalue weighted by Crippen LogP contribution is 2.29. The van der Waals surface area contributed by atoms with Crippen molar-refractivity contribution < 1.29 is 14.5 Å². The Morgan fingerprint density at radius 2 is 2.06 bits per heavy atom. The van der Waals surface area contributed by atoms with E-state index in [-0.39, 0.29) is 18.7 Å². The first-order valence-corrected chi connectivity index (χ1v) is 7.08. The van der Waals surface area contributed by atoms with Crippen molar-refractivity contribution >= 4 is 43.5 Å². The van der Waals surface area contributed by atoms with Crippen LogP contribution in [-0.2, 0) is 21.3 Å². The molecule has 0 radical (unpaired) electrons. The molecule has 7 heteroatoms. The van der Waals surface area contributed by atoms with Crippen LogP contribution in [0.4, 0.5) is 5.69 Å². The third kappa shape index (κ3) is 3.78. The van der Waals surface area contributed by atoms with Crippen molar-refractivity contribution in [1.29, 1.82) is 0 Å². The van der Waals surface area contributed by atoms with Crippen LogP contribution in [-0.4, -0.2) is 17.5 Å². The molecule has 0 aliphatic heterocycles. The lowest BCUT2D eigenvalue weighted by Crippen LogP contribution is -2.09. The summed E-state index contributed by atoms with van der Waals surface area (Å²) in [5, 5.41) is 11.3. The first kappa shape index (κ1) is 15.1. The number of nitrogens with zero attached hydrogens (tertiary/aromatic N) is 1. The maximum Gasteiger partial charge on any atom is 0.310 e. The summed E-state index contributed by atoms with van der Waals surface area (Å²) in [7, 11) is 0. The van der Waals surface area contributed by atoms with Gasteiger partial charge in [0.2, 0.25) is 0 Å². The number of rotatable bonds is 5. The van der Waals surface area contributed by atoms with Gasteiger partial charge in [-0.1, -0.05) is 31.9 Å². The fourth-order valence-electron chi connectivity index (χ4n) is 1.43. The van der Waals surface area contributed by atoms with Crippen LogP contribution >= 0.6 is 31.9 Å². The zero-order valence-electron chi connectivity index (χ0n) is 9.61. The van der Waals surface area contributed by atoms with Crippen molar-refractivity contribution in [3.05, 3.63) is 37.8 Å². The smallest absolute Gasteiger partial charge is 0.310 e. The number of hydrogen-bond donors (Lipinski definition) is 0. The molecule has 18 heavy (non-hydrogen) atoms. The second-order valence-electron chi connectivity index (χ2n) is 3.45. The van der Waals surface area contributed by atoms with Gasteiger partial charge >= 0.3 is 5.97 Å². The molecule has 0 aliphatic carbocycles. The molecule has 0 amide bonds. The van der Waals surface area contributed by atoms with Crippen molar-refractivity contribution in [3.63, 3.8) is 0 Å². The maximum atomic E-state index is 11.4. The SMILES string of the molecule is CCOC(=O)Cc1cc([N+](=O)[O-])cc(CBr)c1Br. The predicted octanol–water partition coefficient (Wildman–Crippen LogP) is 3.36. The van der Waals surface area contributed by atoms with Crippen LogP contribution in [0.3, 0.4) is 0 Å². The number of nitro groups is 1. The maximum absolute atomic E-state index is 11.4. The first-order valence-electron chi connectivity index (χ1n) is 5.16. The van der Waals surface area contributed by atoms with E-state index >= 15 is 0 Å². The van der Waals surface area contributed by atoms with Gasteiger partial charge < -0.3 is 4.74 Å². The Bertz CT molecular complexity index is 476. The molecule has 0 N–H and O–H groups in total. The van der Waals surface area contributed by atoms with Crippen molar-refractivity contribution in [2.75, 3.05) is 6.61 Å². The minimum absolute atomic E-state index is 0.0100. The largest absolute Gasteiger partial charge is 0.466 e. The van der Waals surface area contributed by atoms with Gasteiger partial charge in [-0.15, -0.1) is 0 Å². The van der Waals surface area contributed by atoms with E-state index in [0.717, 1.165) is 5.56 Å². The number of hydrogen-bond acceptors (Lipinski definition) is 4. The molecule has 0 atom stereocenters. The van der Waals surface area contributed by atoms with E-state index in [0.29, 0.717) is 15.4 Å². The highest BCUT2D eigenvalue weighted by Gasteiger charge is 2.17. The molecule has 0 spiro atoms. The van der Waals surface area contributed by atoms with Gasteiger partial charge in [0.15, 0.2) is 0 Å². The summed E-state index contributed by atoms with van der Waals surface area (Å²) in [4.78, 5) is 21.7. The average molecular weight is 381 g/mol. The summed E-state index contributed by atoms with van der Waals surface area (Å²) >= 11 is 6.60. The Morgan fingerprint density at radius 1 is 1.44 bits per heavy atom. The highest BCUT2D eigenvalue weighted by atomic mass is 79.9. The van der Waals surface area contributed by atoms with Crippen LogP contribution < -0.4 is 0 Å². The summed E-state index contributed by atoms with van der Waals surface area (Å²) in [5.41, 5.74) is 1.24. The van der Waals surface area contributed by atoms with E-state index in [9.17, 15) is 14.9 Å². The van der Waals surface area contributed by atoms with Gasteiger partial charge in [-0.3, -0.25) is 14.9 Å². The standard InChI is InChI=1S/C11H11Br2NO4/c1-2-18-10(15)5-7-3-9(14(16)17)4-8(6-12)11(7)13/h3-4H,2,5-6H2,1H3. The molecular formula is C11H11Br2NO4. The van der Waals surface area contributed by atoms with E-state index in [2.05, 4.69) is 31.9 Å². The number of alkyl halides is 1. The Labute approximate surface area is 121 Å². The normalized spacial score (nSPS) is 10.2. The Morgan fingerprint density at radius 3 is 2.56 bits per heavy atom. The van der Waals surface area contributed by atoms with Gasteiger partial charge in [0.05, 0.1) is 18.0 Å². The minimum atomic E-state index is -0.479. The predicted molar refractivity (Wildman–Crippen MR) is 73.8 cm³/mol. The first-order chi connectivity index (χ1) is 8.49. The van der Waals surface area contributed by atoms with Crippen LogP contribution in [0.25, 0.3) is 0 Å².